The van der Waals surface area contributed by atoms with Crippen molar-refractivity contribution >= 4 is 40.7 Å². The van der Waals surface area contributed by atoms with E-state index in [1.54, 1.807) is 0 Å². The lowest BCUT2D eigenvalue weighted by Gasteiger charge is -2.30. The average Bonchev–Trinajstić information content (AvgIpc) is 3.07. The summed E-state index contributed by atoms with van der Waals surface area (Å²) in [6.45, 7) is 1.63. The molecule has 1 amide bonds. The van der Waals surface area contributed by atoms with Gasteiger partial charge in [0.15, 0.2) is 0 Å². The van der Waals surface area contributed by atoms with Gasteiger partial charge >= 0.3 is 0 Å². The van der Waals surface area contributed by atoms with E-state index in [0.717, 1.165) is 10.6 Å². The molecule has 0 bridgehead atoms. The summed E-state index contributed by atoms with van der Waals surface area (Å²) in [5, 5.41) is 22.2. The smallest absolute Gasteiger partial charge is 0.251 e. The first kappa shape index (κ1) is 21.4. The van der Waals surface area contributed by atoms with Crippen LogP contribution in [0, 0.1) is 0 Å². The highest BCUT2D eigenvalue weighted by Gasteiger charge is 2.30. The number of amides is 1. The van der Waals surface area contributed by atoms with Crippen molar-refractivity contribution in [2.24, 2.45) is 0 Å². The zero-order chi connectivity index (χ0) is 20.3. The van der Waals surface area contributed by atoms with E-state index >= 15 is 0 Å². The topological polar surface area (TPSA) is 64.0 Å². The van der Waals surface area contributed by atoms with E-state index in [-0.39, 0.29) is 22.6 Å². The van der Waals surface area contributed by atoms with Crippen molar-refractivity contribution in [1.29, 1.82) is 0 Å². The molecule has 0 aromatic heterocycles. The molecule has 2 aromatic rings. The predicted molar refractivity (Wildman–Crippen MR) is 110 cm³/mol. The SMILES string of the molecule is O=C(Cc1c(Cl)cc(Cl)cc1Cl)N(O)[C@H](CN1CC[C@H](O)C1)c1ccccc1. The number of hydrogen-bond acceptors (Lipinski definition) is 4. The van der Waals surface area contributed by atoms with Crippen LogP contribution in [0.3, 0.4) is 0 Å². The van der Waals surface area contributed by atoms with Crippen LogP contribution in [0.5, 0.6) is 0 Å². The second-order valence-corrected chi connectivity index (χ2v) is 8.14. The number of hydrogen-bond donors (Lipinski definition) is 2. The van der Waals surface area contributed by atoms with Crippen molar-refractivity contribution < 1.29 is 15.1 Å². The Hall–Kier alpha value is -1.34. The number of carbonyl (C=O) groups excluding carboxylic acids is 1. The van der Waals surface area contributed by atoms with Gasteiger partial charge in [-0.15, -0.1) is 0 Å². The first-order valence-electron chi connectivity index (χ1n) is 8.95. The number of aliphatic hydroxyl groups excluding tert-OH is 1. The predicted octanol–water partition coefficient (Wildman–Crippen LogP) is 4.22. The van der Waals surface area contributed by atoms with Gasteiger partial charge in [0, 0.05) is 34.7 Å². The Kier molecular flexibility index (Phi) is 7.20. The van der Waals surface area contributed by atoms with Gasteiger partial charge in [-0.25, -0.2) is 5.06 Å². The maximum absolute atomic E-state index is 12.8. The molecule has 0 aliphatic carbocycles. The average molecular weight is 444 g/mol. The summed E-state index contributed by atoms with van der Waals surface area (Å²) in [7, 11) is 0. The molecule has 2 N–H and O–H groups in total. The van der Waals surface area contributed by atoms with E-state index in [4.69, 9.17) is 34.8 Å². The Morgan fingerprint density at radius 2 is 1.82 bits per heavy atom. The summed E-state index contributed by atoms with van der Waals surface area (Å²) in [6, 6.07) is 11.7. The summed E-state index contributed by atoms with van der Waals surface area (Å²) >= 11 is 18.3. The number of nitrogens with zero attached hydrogens (tertiary/aromatic N) is 2. The molecule has 1 aliphatic heterocycles. The number of benzene rings is 2. The standard InChI is InChI=1S/C20H21Cl3N2O3/c21-14-8-17(22)16(18(23)9-14)10-20(27)25(28)19(13-4-2-1-3-5-13)12-24-7-6-15(26)11-24/h1-5,8-9,15,19,26,28H,6-7,10-12H2/t15-,19+/m0/s1. The molecule has 2 aromatic carbocycles. The molecule has 3 rings (SSSR count). The summed E-state index contributed by atoms with van der Waals surface area (Å²) in [6.07, 6.45) is 0.139. The minimum Gasteiger partial charge on any atom is -0.392 e. The second kappa shape index (κ2) is 9.44. The van der Waals surface area contributed by atoms with Gasteiger partial charge in [-0.3, -0.25) is 14.9 Å². The quantitative estimate of drug-likeness (QED) is 0.518. The van der Waals surface area contributed by atoms with E-state index in [1.165, 1.54) is 12.1 Å². The van der Waals surface area contributed by atoms with Crippen LogP contribution in [0.25, 0.3) is 0 Å². The van der Waals surface area contributed by atoms with Gasteiger partial charge < -0.3 is 5.11 Å². The molecule has 28 heavy (non-hydrogen) atoms. The van der Waals surface area contributed by atoms with Crippen LogP contribution in [0.2, 0.25) is 15.1 Å². The minimum absolute atomic E-state index is 0.155. The summed E-state index contributed by atoms with van der Waals surface area (Å²) in [5.74, 6) is -0.528. The summed E-state index contributed by atoms with van der Waals surface area (Å²) in [5.41, 5.74) is 1.22. The molecule has 1 saturated heterocycles. The zero-order valence-corrected chi connectivity index (χ0v) is 17.3. The van der Waals surface area contributed by atoms with Gasteiger partial charge in [-0.05, 0) is 29.7 Å². The minimum atomic E-state index is -0.580. The van der Waals surface area contributed by atoms with E-state index in [9.17, 15) is 15.1 Å². The first-order valence-corrected chi connectivity index (χ1v) is 10.1. The van der Waals surface area contributed by atoms with Crippen LogP contribution in [0.4, 0.5) is 0 Å². The Bertz CT molecular complexity index is 812. The molecule has 1 aliphatic rings. The second-order valence-electron chi connectivity index (χ2n) is 6.89. The van der Waals surface area contributed by atoms with Gasteiger partial charge in [0.25, 0.3) is 5.91 Å². The van der Waals surface area contributed by atoms with Gasteiger partial charge in [-0.1, -0.05) is 65.1 Å². The van der Waals surface area contributed by atoms with Gasteiger partial charge in [0.2, 0.25) is 0 Å². The highest BCUT2D eigenvalue weighted by atomic mass is 35.5. The molecule has 1 heterocycles. The van der Waals surface area contributed by atoms with Crippen LogP contribution in [0.1, 0.15) is 23.6 Å². The van der Waals surface area contributed by atoms with Gasteiger partial charge in [-0.2, -0.15) is 0 Å². The van der Waals surface area contributed by atoms with Crippen molar-refractivity contribution in [3.63, 3.8) is 0 Å². The van der Waals surface area contributed by atoms with E-state index in [0.29, 0.717) is 36.6 Å². The van der Waals surface area contributed by atoms with Crippen molar-refractivity contribution in [2.45, 2.75) is 25.0 Å². The third-order valence-electron chi connectivity index (χ3n) is 4.85. The van der Waals surface area contributed by atoms with E-state index in [1.807, 2.05) is 35.2 Å². The van der Waals surface area contributed by atoms with Crippen LogP contribution in [-0.4, -0.2) is 51.9 Å². The molecule has 0 unspecified atom stereocenters. The fourth-order valence-corrected chi connectivity index (χ4v) is 4.32. The number of likely N-dealkylation sites (tertiary alicyclic amines) is 1. The Morgan fingerprint density at radius 1 is 1.18 bits per heavy atom. The lowest BCUT2D eigenvalue weighted by Crippen LogP contribution is -2.40. The van der Waals surface area contributed by atoms with Crippen LogP contribution in [0.15, 0.2) is 42.5 Å². The van der Waals surface area contributed by atoms with E-state index < -0.39 is 11.9 Å². The number of aliphatic hydroxyl groups is 1. The fraction of sp³-hybridized carbons (Fsp3) is 0.350. The summed E-state index contributed by atoms with van der Waals surface area (Å²) in [4.78, 5) is 14.8. The number of β-amino-alcohol motifs (C(OH)–C–C–N with tert-alkyl or cyclic N) is 1. The van der Waals surface area contributed by atoms with Crippen molar-refractivity contribution in [1.82, 2.24) is 9.96 Å². The Morgan fingerprint density at radius 3 is 2.39 bits per heavy atom. The molecule has 0 saturated carbocycles. The normalized spacial score (nSPS) is 18.2. The molecule has 1 fully saturated rings. The largest absolute Gasteiger partial charge is 0.392 e. The van der Waals surface area contributed by atoms with Crippen molar-refractivity contribution in [2.75, 3.05) is 19.6 Å². The third kappa shape index (κ3) is 5.17. The van der Waals surface area contributed by atoms with Gasteiger partial charge in [0.1, 0.15) is 0 Å². The number of rotatable bonds is 6. The van der Waals surface area contributed by atoms with Crippen molar-refractivity contribution in [3.05, 3.63) is 68.7 Å². The maximum Gasteiger partial charge on any atom is 0.251 e. The molecule has 0 radical (unpaired) electrons. The number of hydroxylamine groups is 2. The maximum atomic E-state index is 12.8. The fourth-order valence-electron chi connectivity index (χ4n) is 3.37. The van der Waals surface area contributed by atoms with E-state index in [2.05, 4.69) is 0 Å². The highest BCUT2D eigenvalue weighted by Crippen LogP contribution is 2.31. The number of carbonyl (C=O) groups is 1. The molecule has 8 heteroatoms. The molecule has 150 valence electrons. The third-order valence-corrected chi connectivity index (χ3v) is 5.74. The zero-order valence-electron chi connectivity index (χ0n) is 15.1. The lowest BCUT2D eigenvalue weighted by atomic mass is 10.0. The van der Waals surface area contributed by atoms with Crippen molar-refractivity contribution in [3.8, 4) is 0 Å². The molecular formula is C20H21Cl3N2O3. The molecule has 5 nitrogen and oxygen atoms in total. The summed E-state index contributed by atoms with van der Waals surface area (Å²) < 4.78 is 0. The highest BCUT2D eigenvalue weighted by molar-refractivity contribution is 6.39. The number of halogens is 3. The van der Waals surface area contributed by atoms with Gasteiger partial charge in [0.05, 0.1) is 18.6 Å². The Balaban J connectivity index is 1.80. The van der Waals surface area contributed by atoms with Crippen LogP contribution in [-0.2, 0) is 11.2 Å². The lowest BCUT2D eigenvalue weighted by molar-refractivity contribution is -0.177. The molecule has 0 spiro atoms. The van der Waals surface area contributed by atoms with Crippen LogP contribution < -0.4 is 0 Å². The first-order chi connectivity index (χ1) is 13.3. The molecule has 2 atom stereocenters. The molecular weight excluding hydrogens is 423 g/mol. The Labute approximate surface area is 179 Å². The monoisotopic (exact) mass is 442 g/mol. The van der Waals surface area contributed by atoms with Crippen LogP contribution >= 0.6 is 34.8 Å².